The minimum absolute atomic E-state index is 0.112. The van der Waals surface area contributed by atoms with Crippen LogP contribution in [0.1, 0.15) is 23.6 Å². The van der Waals surface area contributed by atoms with Gasteiger partial charge in [-0.3, -0.25) is 4.79 Å². The number of nitrogens with zero attached hydrogens (tertiary/aromatic N) is 1. The van der Waals surface area contributed by atoms with Gasteiger partial charge in [0.15, 0.2) is 0 Å². The molecule has 6 nitrogen and oxygen atoms in total. The van der Waals surface area contributed by atoms with Crippen molar-refractivity contribution in [1.82, 2.24) is 4.72 Å². The van der Waals surface area contributed by atoms with E-state index in [1.54, 1.807) is 38.0 Å². The first-order chi connectivity index (χ1) is 12.7. The summed E-state index contributed by atoms with van der Waals surface area (Å²) in [5.74, 6) is 0.508. The van der Waals surface area contributed by atoms with Gasteiger partial charge in [0.25, 0.3) is 0 Å². The predicted octanol–water partition coefficient (Wildman–Crippen LogP) is 2.95. The van der Waals surface area contributed by atoms with Gasteiger partial charge in [0.2, 0.25) is 15.9 Å². The fourth-order valence-electron chi connectivity index (χ4n) is 2.96. The van der Waals surface area contributed by atoms with Crippen molar-refractivity contribution in [3.05, 3.63) is 53.1 Å². The smallest absolute Gasteiger partial charge is 0.240 e. The van der Waals surface area contributed by atoms with Crippen molar-refractivity contribution in [2.24, 2.45) is 0 Å². The first-order valence-corrected chi connectivity index (χ1v) is 10.1. The zero-order chi connectivity index (χ0) is 20.2. The number of hydrogen-bond acceptors (Lipinski definition) is 4. The molecule has 0 aliphatic carbocycles. The molecule has 0 aromatic heterocycles. The molecule has 7 heteroatoms. The Hall–Kier alpha value is -2.38. The van der Waals surface area contributed by atoms with Crippen LogP contribution in [0.2, 0.25) is 0 Å². The molecule has 0 unspecified atom stereocenters. The van der Waals surface area contributed by atoms with Crippen molar-refractivity contribution in [1.29, 1.82) is 0 Å². The van der Waals surface area contributed by atoms with E-state index >= 15 is 0 Å². The first-order valence-electron chi connectivity index (χ1n) is 8.66. The lowest BCUT2D eigenvalue weighted by molar-refractivity contribution is -0.116. The van der Waals surface area contributed by atoms with E-state index in [-0.39, 0.29) is 23.9 Å². The molecule has 0 heterocycles. The van der Waals surface area contributed by atoms with Crippen molar-refractivity contribution < 1.29 is 17.9 Å². The maximum Gasteiger partial charge on any atom is 0.240 e. The van der Waals surface area contributed by atoms with Crippen LogP contribution in [0.5, 0.6) is 5.75 Å². The molecule has 0 aliphatic rings. The van der Waals surface area contributed by atoms with Gasteiger partial charge in [0, 0.05) is 25.7 Å². The number of ether oxygens (including phenoxy) is 1. The molecular formula is C20H26N2O4S. The number of aryl methyl sites for hydroxylation is 3. The van der Waals surface area contributed by atoms with Gasteiger partial charge in [-0.1, -0.05) is 18.2 Å². The number of para-hydroxylation sites is 1. The number of carbonyl (C=O) groups is 1. The van der Waals surface area contributed by atoms with Gasteiger partial charge in [-0.05, 0) is 55.7 Å². The number of sulfonamides is 1. The molecule has 0 saturated heterocycles. The quantitative estimate of drug-likeness (QED) is 0.789. The molecule has 0 saturated carbocycles. The number of benzene rings is 2. The molecule has 0 atom stereocenters. The summed E-state index contributed by atoms with van der Waals surface area (Å²) in [5.41, 5.74) is 3.08. The van der Waals surface area contributed by atoms with Crippen LogP contribution < -0.4 is 14.4 Å². The second kappa shape index (κ2) is 8.54. The average molecular weight is 391 g/mol. The molecule has 27 heavy (non-hydrogen) atoms. The molecule has 0 fully saturated rings. The number of methoxy groups -OCH3 is 1. The van der Waals surface area contributed by atoms with Crippen LogP contribution in [0.3, 0.4) is 0 Å². The highest BCUT2D eigenvalue weighted by Crippen LogP contribution is 2.25. The van der Waals surface area contributed by atoms with Crippen molar-refractivity contribution in [2.75, 3.05) is 25.1 Å². The lowest BCUT2D eigenvalue weighted by Crippen LogP contribution is -2.38. The van der Waals surface area contributed by atoms with Crippen molar-refractivity contribution in [2.45, 2.75) is 32.6 Å². The van der Waals surface area contributed by atoms with Crippen LogP contribution in [-0.2, 0) is 14.8 Å². The van der Waals surface area contributed by atoms with Gasteiger partial charge in [0.05, 0.1) is 12.0 Å². The van der Waals surface area contributed by atoms with E-state index in [2.05, 4.69) is 4.72 Å². The highest BCUT2D eigenvalue weighted by atomic mass is 32.2. The monoisotopic (exact) mass is 390 g/mol. The van der Waals surface area contributed by atoms with Crippen LogP contribution in [0, 0.1) is 20.8 Å². The van der Waals surface area contributed by atoms with E-state index in [9.17, 15) is 13.2 Å². The Bertz CT molecular complexity index is 939. The van der Waals surface area contributed by atoms with Gasteiger partial charge >= 0.3 is 0 Å². The highest BCUT2D eigenvalue weighted by molar-refractivity contribution is 7.89. The van der Waals surface area contributed by atoms with Gasteiger partial charge in [-0.2, -0.15) is 0 Å². The van der Waals surface area contributed by atoms with Crippen molar-refractivity contribution in [3.8, 4) is 5.75 Å². The molecule has 0 bridgehead atoms. The Balaban J connectivity index is 2.16. The summed E-state index contributed by atoms with van der Waals surface area (Å²) < 4.78 is 33.2. The van der Waals surface area contributed by atoms with Crippen LogP contribution in [0.25, 0.3) is 0 Å². The number of amides is 1. The molecule has 2 aromatic carbocycles. The molecule has 0 aliphatic heterocycles. The topological polar surface area (TPSA) is 75.7 Å². The lowest BCUT2D eigenvalue weighted by atomic mass is 10.1. The molecule has 0 spiro atoms. The van der Waals surface area contributed by atoms with Crippen LogP contribution in [-0.4, -0.2) is 34.5 Å². The maximum atomic E-state index is 12.7. The van der Waals surface area contributed by atoms with E-state index in [1.807, 2.05) is 31.2 Å². The SMILES string of the molecule is COc1cc(C)c(S(=O)(=O)NCCN(C(C)=O)c2ccccc2C)cc1C. The van der Waals surface area contributed by atoms with Gasteiger partial charge in [-0.25, -0.2) is 13.1 Å². The van der Waals surface area contributed by atoms with Crippen LogP contribution >= 0.6 is 0 Å². The zero-order valence-corrected chi connectivity index (χ0v) is 17.2. The number of carbonyl (C=O) groups excluding carboxylic acids is 1. The zero-order valence-electron chi connectivity index (χ0n) is 16.4. The second-order valence-corrected chi connectivity index (χ2v) is 8.18. The van der Waals surface area contributed by atoms with Crippen LogP contribution in [0.4, 0.5) is 5.69 Å². The molecule has 2 aromatic rings. The van der Waals surface area contributed by atoms with E-state index in [4.69, 9.17) is 4.74 Å². The molecule has 2 rings (SSSR count). The highest BCUT2D eigenvalue weighted by Gasteiger charge is 2.20. The summed E-state index contributed by atoms with van der Waals surface area (Å²) in [6, 6.07) is 10.8. The van der Waals surface area contributed by atoms with E-state index in [0.29, 0.717) is 11.3 Å². The summed E-state index contributed by atoms with van der Waals surface area (Å²) in [5, 5.41) is 0. The van der Waals surface area contributed by atoms with Crippen molar-refractivity contribution >= 4 is 21.6 Å². The van der Waals surface area contributed by atoms with Gasteiger partial charge in [0.1, 0.15) is 5.75 Å². The van der Waals surface area contributed by atoms with E-state index in [1.165, 1.54) is 6.92 Å². The molecule has 1 N–H and O–H groups in total. The number of rotatable bonds is 7. The second-order valence-electron chi connectivity index (χ2n) is 6.44. The molecule has 146 valence electrons. The summed E-state index contributed by atoms with van der Waals surface area (Å²) in [6.07, 6.45) is 0. The van der Waals surface area contributed by atoms with Crippen LogP contribution in [0.15, 0.2) is 41.3 Å². The summed E-state index contributed by atoms with van der Waals surface area (Å²) in [6.45, 7) is 7.27. The normalized spacial score (nSPS) is 11.3. The lowest BCUT2D eigenvalue weighted by Gasteiger charge is -2.23. The molecular weight excluding hydrogens is 364 g/mol. The van der Waals surface area contributed by atoms with E-state index < -0.39 is 10.0 Å². The summed E-state index contributed by atoms with van der Waals surface area (Å²) >= 11 is 0. The fourth-order valence-corrected chi connectivity index (χ4v) is 4.29. The Morgan fingerprint density at radius 2 is 1.74 bits per heavy atom. The maximum absolute atomic E-state index is 12.7. The average Bonchev–Trinajstić information content (AvgIpc) is 2.60. The van der Waals surface area contributed by atoms with E-state index in [0.717, 1.165) is 16.8 Å². The minimum atomic E-state index is -3.70. The van der Waals surface area contributed by atoms with Gasteiger partial charge < -0.3 is 9.64 Å². The molecule has 1 amide bonds. The summed E-state index contributed by atoms with van der Waals surface area (Å²) in [7, 11) is -2.14. The minimum Gasteiger partial charge on any atom is -0.496 e. The standard InChI is InChI=1S/C20H26N2O4S/c1-14-8-6-7-9-18(14)22(17(4)23)11-10-21-27(24,25)20-13-15(2)19(26-5)12-16(20)3/h6-9,12-13,21H,10-11H2,1-5H3. The van der Waals surface area contributed by atoms with Gasteiger partial charge in [-0.15, -0.1) is 0 Å². The third-order valence-electron chi connectivity index (χ3n) is 4.40. The Labute approximate surface area is 161 Å². The number of anilines is 1. The Morgan fingerprint density at radius 1 is 1.07 bits per heavy atom. The predicted molar refractivity (Wildman–Crippen MR) is 107 cm³/mol. The number of hydrogen-bond donors (Lipinski definition) is 1. The summed E-state index contributed by atoms with van der Waals surface area (Å²) in [4.78, 5) is 13.8. The largest absolute Gasteiger partial charge is 0.496 e. The third-order valence-corrected chi connectivity index (χ3v) is 6.00. The third kappa shape index (κ3) is 4.87. The molecule has 0 radical (unpaired) electrons. The number of nitrogens with one attached hydrogen (secondary N) is 1. The van der Waals surface area contributed by atoms with Crippen molar-refractivity contribution in [3.63, 3.8) is 0 Å². The Kier molecular flexibility index (Phi) is 6.62. The fraction of sp³-hybridized carbons (Fsp3) is 0.350. The Morgan fingerprint density at radius 3 is 2.33 bits per heavy atom. The first kappa shape index (κ1) is 20.9.